The summed E-state index contributed by atoms with van der Waals surface area (Å²) in [5.41, 5.74) is 8.52. The molecule has 1 aliphatic heterocycles. The average Bonchev–Trinajstić information content (AvgIpc) is 3.76. The van der Waals surface area contributed by atoms with E-state index in [0.717, 1.165) is 6.07 Å². The molecule has 1 aromatic heterocycles. The van der Waals surface area contributed by atoms with E-state index in [1.807, 2.05) is 0 Å². The molecule has 1 saturated carbocycles. The largest absolute Gasteiger partial charge is 0.497 e. The lowest BCUT2D eigenvalue weighted by atomic mass is 9.80. The lowest BCUT2D eigenvalue weighted by Crippen LogP contribution is -2.43. The second-order valence-electron chi connectivity index (χ2n) is 12.6. The molecule has 2 aliphatic rings. The number of aliphatic imine (C=N–C) groups is 1. The molecule has 0 bridgehead atoms. The van der Waals surface area contributed by atoms with Gasteiger partial charge in [0.25, 0.3) is 5.91 Å². The number of rotatable bonds is 11. The maximum absolute atomic E-state index is 15.4. The van der Waals surface area contributed by atoms with Gasteiger partial charge >= 0.3 is 0 Å². The fourth-order valence-corrected chi connectivity index (χ4v) is 5.84. The summed E-state index contributed by atoms with van der Waals surface area (Å²) in [4.78, 5) is 35.0. The van der Waals surface area contributed by atoms with Gasteiger partial charge in [-0.3, -0.25) is 14.6 Å². The minimum absolute atomic E-state index is 0.0211. The van der Waals surface area contributed by atoms with Crippen LogP contribution in [0.1, 0.15) is 52.5 Å². The van der Waals surface area contributed by atoms with Gasteiger partial charge in [-0.05, 0) is 48.9 Å². The Balaban J connectivity index is 1.48. The molecule has 266 valence electrons. The molecule has 51 heavy (non-hydrogen) atoms. The maximum atomic E-state index is 15.4. The van der Waals surface area contributed by atoms with Crippen LogP contribution < -0.4 is 31.0 Å². The summed E-state index contributed by atoms with van der Waals surface area (Å²) < 4.78 is 60.4. The zero-order chi connectivity index (χ0) is 36.9. The highest BCUT2D eigenvalue weighted by atomic mass is 35.5. The summed E-state index contributed by atoms with van der Waals surface area (Å²) in [5, 5.41) is 14.9. The monoisotopic (exact) mass is 723 g/mol. The fourth-order valence-electron chi connectivity index (χ4n) is 5.68. The number of carbonyl (C=O) groups is 2. The van der Waals surface area contributed by atoms with Gasteiger partial charge in [-0.1, -0.05) is 23.7 Å². The van der Waals surface area contributed by atoms with Crippen LogP contribution in [0, 0.1) is 11.6 Å². The number of primary amides is 1. The van der Waals surface area contributed by atoms with Crippen molar-refractivity contribution in [1.82, 2.24) is 10.3 Å². The first-order valence-corrected chi connectivity index (χ1v) is 16.0. The molecular weight excluding hydrogens is 691 g/mol. The molecule has 6 N–H and O–H groups in total. The van der Waals surface area contributed by atoms with Gasteiger partial charge in [0.15, 0.2) is 5.79 Å². The second kappa shape index (κ2) is 13.1. The third kappa shape index (κ3) is 6.52. The number of hydrogen-bond donors (Lipinski definition) is 4. The molecule has 0 radical (unpaired) electrons. The molecule has 0 saturated heterocycles. The van der Waals surface area contributed by atoms with Crippen LogP contribution in [0.5, 0.6) is 17.2 Å². The van der Waals surface area contributed by atoms with Crippen molar-refractivity contribution < 1.29 is 42.1 Å². The van der Waals surface area contributed by atoms with E-state index in [-0.39, 0.29) is 75.8 Å². The predicted octanol–water partition coefficient (Wildman–Crippen LogP) is 4.96. The van der Waals surface area contributed by atoms with Gasteiger partial charge in [-0.2, -0.15) is 0 Å². The third-order valence-electron chi connectivity index (χ3n) is 9.13. The quantitative estimate of drug-likeness (QED) is 0.0728. The smallest absolute Gasteiger partial charge is 0.251 e. The number of methoxy groups -OCH3 is 2. The molecule has 0 unspecified atom stereocenters. The highest BCUT2D eigenvalue weighted by Crippen LogP contribution is 2.47. The predicted molar refractivity (Wildman–Crippen MR) is 183 cm³/mol. The van der Waals surface area contributed by atoms with Gasteiger partial charge < -0.3 is 36.1 Å². The second-order valence-corrected chi connectivity index (χ2v) is 13.0. The Kier molecular flexibility index (Phi) is 9.10. The van der Waals surface area contributed by atoms with Gasteiger partial charge in [-0.25, -0.2) is 18.2 Å². The molecule has 15 heteroatoms. The van der Waals surface area contributed by atoms with E-state index >= 15 is 4.39 Å². The molecule has 2 heterocycles. The fraction of sp³-hybridized carbons (Fsp3) is 0.278. The van der Waals surface area contributed by atoms with Crippen molar-refractivity contribution in [2.45, 2.75) is 36.6 Å². The number of carbonyl (C=O) groups excluding carboxylic acids is 2. The van der Waals surface area contributed by atoms with E-state index in [2.05, 4.69) is 15.3 Å². The number of nitrogens with two attached hydrogens (primary N) is 2. The van der Waals surface area contributed by atoms with Crippen LogP contribution in [0.2, 0.25) is 5.02 Å². The first-order valence-electron chi connectivity index (χ1n) is 15.6. The summed E-state index contributed by atoms with van der Waals surface area (Å²) in [6.07, 6.45) is 1.79. The Labute approximate surface area is 295 Å². The minimum atomic E-state index is -2.18. The summed E-state index contributed by atoms with van der Waals surface area (Å²) in [6.45, 7) is 0.742. The number of pyridine rings is 1. The molecule has 0 spiro atoms. The number of fused-ring (bicyclic) bond motifs is 1. The Morgan fingerprint density at radius 1 is 1.12 bits per heavy atom. The zero-order valence-corrected chi connectivity index (χ0v) is 28.4. The first-order chi connectivity index (χ1) is 24.1. The lowest BCUT2D eigenvalue weighted by molar-refractivity contribution is -0.123. The SMILES string of the molecule is COc1ccc([C@](O)(CNC(=O)c2cc(C=NC3(F)CC3)c(N)c(OC)c2)c2cc3c(c(-c4cc(Cl)c(F)cc4F)n2)OC[C@]3(C)C(N)=O)cc1. The minimum Gasteiger partial charge on any atom is -0.497 e. The molecule has 6 rings (SSSR count). The van der Waals surface area contributed by atoms with Crippen molar-refractivity contribution in [3.8, 4) is 28.5 Å². The van der Waals surface area contributed by atoms with Crippen molar-refractivity contribution in [1.29, 1.82) is 0 Å². The van der Waals surface area contributed by atoms with Crippen molar-refractivity contribution >= 4 is 35.3 Å². The standard InChI is InChI=1S/C36H33ClF3N5O6/c1-34(33(42)47)17-51-31-23(34)13-28(45-30(31)22-12-24(37)26(39)14-25(22)38)36(48,20-4-6-21(49-2)7-5-20)16-43-32(46)18-10-19(15-44-35(40)8-9-35)29(41)27(11-18)50-3/h4-7,10-15,48H,8-9,16-17,41H2,1-3H3,(H2,42,47)(H,43,46)/t34-,36+/m0/s1. The number of nitrogens with zero attached hydrogens (tertiary/aromatic N) is 2. The van der Waals surface area contributed by atoms with Crippen LogP contribution in [0.3, 0.4) is 0 Å². The number of hydrogen-bond acceptors (Lipinski definition) is 9. The highest BCUT2D eigenvalue weighted by Gasteiger charge is 2.46. The van der Waals surface area contributed by atoms with E-state index in [1.165, 1.54) is 57.7 Å². The number of halogens is 4. The van der Waals surface area contributed by atoms with E-state index in [1.54, 1.807) is 12.1 Å². The molecule has 1 aliphatic carbocycles. The average molecular weight is 724 g/mol. The molecule has 1 fully saturated rings. The molecule has 11 nitrogen and oxygen atoms in total. The van der Waals surface area contributed by atoms with Crippen LogP contribution in [0.15, 0.2) is 59.6 Å². The van der Waals surface area contributed by atoms with Crippen LogP contribution in [0.25, 0.3) is 11.3 Å². The molecule has 4 aromatic rings. The number of aliphatic hydroxyl groups is 1. The number of nitrogens with one attached hydrogen (secondary N) is 1. The van der Waals surface area contributed by atoms with Crippen molar-refractivity contribution in [2.75, 3.05) is 33.1 Å². The molecular formula is C36H33ClF3N5O6. The normalized spacial score (nSPS) is 18.4. The maximum Gasteiger partial charge on any atom is 0.251 e. The number of alkyl halides is 1. The Hall–Kier alpha value is -5.34. The van der Waals surface area contributed by atoms with Crippen molar-refractivity contribution in [3.05, 3.63) is 99.2 Å². The van der Waals surface area contributed by atoms with E-state index in [9.17, 15) is 23.5 Å². The van der Waals surface area contributed by atoms with E-state index < -0.39 is 51.8 Å². The van der Waals surface area contributed by atoms with Gasteiger partial charge in [0.05, 0.1) is 37.2 Å². The van der Waals surface area contributed by atoms with Crippen LogP contribution >= 0.6 is 11.6 Å². The van der Waals surface area contributed by atoms with Crippen molar-refractivity contribution in [3.63, 3.8) is 0 Å². The number of ether oxygens (including phenoxy) is 3. The summed E-state index contributed by atoms with van der Waals surface area (Å²) in [5.74, 6) is -4.64. The van der Waals surface area contributed by atoms with Gasteiger partial charge in [0.2, 0.25) is 5.91 Å². The molecule has 2 amide bonds. The summed E-state index contributed by atoms with van der Waals surface area (Å²) >= 11 is 6.04. The third-order valence-corrected chi connectivity index (χ3v) is 9.42. The van der Waals surface area contributed by atoms with E-state index in [4.69, 9.17) is 37.3 Å². The summed E-state index contributed by atoms with van der Waals surface area (Å²) in [7, 11) is 2.81. The number of nitrogen functional groups attached to an aromatic ring is 1. The first kappa shape index (κ1) is 35.5. The van der Waals surface area contributed by atoms with Crippen LogP contribution in [0.4, 0.5) is 18.9 Å². The van der Waals surface area contributed by atoms with Gasteiger partial charge in [-0.15, -0.1) is 0 Å². The van der Waals surface area contributed by atoms with Gasteiger partial charge in [0, 0.05) is 47.4 Å². The van der Waals surface area contributed by atoms with Crippen molar-refractivity contribution in [2.24, 2.45) is 10.7 Å². The number of anilines is 1. The topological polar surface area (TPSA) is 171 Å². The van der Waals surface area contributed by atoms with E-state index in [0.29, 0.717) is 11.8 Å². The van der Waals surface area contributed by atoms with Gasteiger partial charge in [0.1, 0.15) is 52.2 Å². The Bertz CT molecular complexity index is 2100. The van der Waals surface area contributed by atoms with Crippen LogP contribution in [-0.4, -0.2) is 61.3 Å². The number of benzene rings is 3. The Morgan fingerprint density at radius 3 is 2.45 bits per heavy atom. The molecule has 2 atom stereocenters. The lowest BCUT2D eigenvalue weighted by Gasteiger charge is -2.30. The number of aromatic nitrogens is 1. The summed E-state index contributed by atoms with van der Waals surface area (Å²) in [6, 6.07) is 12.0. The van der Waals surface area contributed by atoms with Crippen LogP contribution in [-0.2, 0) is 15.8 Å². The number of amides is 2. The zero-order valence-electron chi connectivity index (χ0n) is 27.7. The molecule has 3 aromatic carbocycles. The Morgan fingerprint density at radius 2 is 1.82 bits per heavy atom. The highest BCUT2D eigenvalue weighted by molar-refractivity contribution is 6.31.